The Bertz CT molecular complexity index is 1090. The van der Waals surface area contributed by atoms with Gasteiger partial charge in [0, 0.05) is 18.0 Å². The molecule has 0 radical (unpaired) electrons. The summed E-state index contributed by atoms with van der Waals surface area (Å²) >= 11 is 0. The third-order valence-corrected chi connectivity index (χ3v) is 8.28. The highest BCUT2D eigenvalue weighted by Gasteiger charge is 2.42. The quantitative estimate of drug-likeness (QED) is 0.465. The molecule has 6 nitrogen and oxygen atoms in total. The van der Waals surface area contributed by atoms with Gasteiger partial charge in [0.2, 0.25) is 0 Å². The van der Waals surface area contributed by atoms with Crippen molar-refractivity contribution in [1.29, 1.82) is 0 Å². The van der Waals surface area contributed by atoms with Gasteiger partial charge in [-0.1, -0.05) is 37.3 Å². The van der Waals surface area contributed by atoms with Gasteiger partial charge < -0.3 is 14.9 Å². The first-order valence-electron chi connectivity index (χ1n) is 10.3. The van der Waals surface area contributed by atoms with Crippen molar-refractivity contribution in [1.82, 2.24) is 10.1 Å². The molecule has 0 aliphatic carbocycles. The number of para-hydroxylation sites is 1. The van der Waals surface area contributed by atoms with E-state index >= 15 is 0 Å². The lowest BCUT2D eigenvalue weighted by atomic mass is 10.0. The van der Waals surface area contributed by atoms with Crippen molar-refractivity contribution in [3.63, 3.8) is 0 Å². The predicted molar refractivity (Wildman–Crippen MR) is 121 cm³/mol. The van der Waals surface area contributed by atoms with E-state index in [0.29, 0.717) is 13.2 Å². The number of phenols is 1. The molecule has 4 rings (SSSR count). The molecule has 0 amide bonds. The van der Waals surface area contributed by atoms with Crippen LogP contribution in [0.25, 0.3) is 10.9 Å². The van der Waals surface area contributed by atoms with Crippen molar-refractivity contribution in [2.45, 2.75) is 38.9 Å². The van der Waals surface area contributed by atoms with Gasteiger partial charge >= 0.3 is 0 Å². The second-order valence-electron chi connectivity index (χ2n) is 7.94. The monoisotopic (exact) mass is 425 g/mol. The number of phenolic OH excluding ortho intramolecular Hbond substituents is 1. The van der Waals surface area contributed by atoms with Gasteiger partial charge in [0.05, 0.1) is 29.7 Å². The van der Waals surface area contributed by atoms with Crippen molar-refractivity contribution in [3.8, 4) is 5.75 Å². The number of nitrogens with zero attached hydrogens (tertiary/aromatic N) is 1. The minimum Gasteiger partial charge on any atom is -0.507 e. The SMILES string of the molecule is CC[C@H]1COP(=O)(C(CNc2cnc3ccccc3c2)c2cc(C)c(O)c(C)c2)N1. The van der Waals surface area contributed by atoms with E-state index in [1.165, 1.54) is 0 Å². The molecule has 3 N–H and O–H groups in total. The Balaban J connectivity index is 1.65. The van der Waals surface area contributed by atoms with Crippen molar-refractivity contribution in [2.75, 3.05) is 18.5 Å². The Hall–Kier alpha value is -2.40. The molecule has 0 saturated carbocycles. The highest BCUT2D eigenvalue weighted by Crippen LogP contribution is 2.60. The van der Waals surface area contributed by atoms with Crippen molar-refractivity contribution in [2.24, 2.45) is 0 Å². The normalized spacial score (nSPS) is 22.3. The van der Waals surface area contributed by atoms with Gasteiger partial charge in [-0.15, -0.1) is 0 Å². The van der Waals surface area contributed by atoms with E-state index in [9.17, 15) is 9.67 Å². The molecule has 2 unspecified atom stereocenters. The van der Waals surface area contributed by atoms with Crippen LogP contribution in [0.1, 0.15) is 35.7 Å². The van der Waals surface area contributed by atoms with Gasteiger partial charge in [0.1, 0.15) is 5.75 Å². The van der Waals surface area contributed by atoms with Crippen LogP contribution in [-0.2, 0) is 9.09 Å². The fourth-order valence-electron chi connectivity index (χ4n) is 3.92. The van der Waals surface area contributed by atoms with Crippen LogP contribution in [-0.4, -0.2) is 29.3 Å². The minimum absolute atomic E-state index is 0.0833. The van der Waals surface area contributed by atoms with Crippen molar-refractivity contribution < 1.29 is 14.2 Å². The van der Waals surface area contributed by atoms with Crippen LogP contribution in [0.5, 0.6) is 5.75 Å². The number of benzene rings is 2. The van der Waals surface area contributed by atoms with Gasteiger partial charge in [0.25, 0.3) is 7.52 Å². The summed E-state index contributed by atoms with van der Waals surface area (Å²) < 4.78 is 19.6. The number of nitrogens with one attached hydrogen (secondary N) is 2. The molecule has 3 atom stereocenters. The lowest BCUT2D eigenvalue weighted by Crippen LogP contribution is -2.24. The lowest BCUT2D eigenvalue weighted by Gasteiger charge is -2.25. The summed E-state index contributed by atoms with van der Waals surface area (Å²) in [6.07, 6.45) is 2.65. The number of anilines is 1. The van der Waals surface area contributed by atoms with Gasteiger partial charge in [-0.05, 0) is 49.1 Å². The summed E-state index contributed by atoms with van der Waals surface area (Å²) in [5, 5.41) is 17.9. The average molecular weight is 425 g/mol. The van der Waals surface area contributed by atoms with Crippen LogP contribution in [0.2, 0.25) is 0 Å². The molecule has 1 fully saturated rings. The number of aromatic hydroxyl groups is 1. The number of aryl methyl sites for hydroxylation is 2. The van der Waals surface area contributed by atoms with Crippen molar-refractivity contribution in [3.05, 3.63) is 65.4 Å². The maximum Gasteiger partial charge on any atom is 0.279 e. The molecule has 3 aromatic rings. The number of fused-ring (bicyclic) bond motifs is 1. The zero-order valence-corrected chi connectivity index (χ0v) is 18.4. The first-order valence-corrected chi connectivity index (χ1v) is 12.0. The van der Waals surface area contributed by atoms with E-state index in [0.717, 1.165) is 39.7 Å². The first-order chi connectivity index (χ1) is 14.4. The molecule has 2 aromatic carbocycles. The van der Waals surface area contributed by atoms with E-state index < -0.39 is 13.2 Å². The molecule has 30 heavy (non-hydrogen) atoms. The summed E-state index contributed by atoms with van der Waals surface area (Å²) in [7, 11) is -3.13. The highest BCUT2D eigenvalue weighted by molar-refractivity contribution is 7.57. The fraction of sp³-hybridized carbons (Fsp3) is 0.348. The van der Waals surface area contributed by atoms with Crippen molar-refractivity contribution >= 4 is 24.1 Å². The number of pyridine rings is 1. The molecule has 158 valence electrons. The number of hydrogen-bond acceptors (Lipinski definition) is 5. The summed E-state index contributed by atoms with van der Waals surface area (Å²) in [6, 6.07) is 13.9. The van der Waals surface area contributed by atoms with Crippen LogP contribution in [0.4, 0.5) is 5.69 Å². The zero-order chi connectivity index (χ0) is 21.3. The van der Waals surface area contributed by atoms with Gasteiger partial charge in [-0.25, -0.2) is 5.09 Å². The minimum atomic E-state index is -3.13. The summed E-state index contributed by atoms with van der Waals surface area (Å²) in [5.74, 6) is 0.272. The third kappa shape index (κ3) is 4.08. The van der Waals surface area contributed by atoms with Gasteiger partial charge in [-0.2, -0.15) is 0 Å². The molecular weight excluding hydrogens is 397 g/mol. The summed E-state index contributed by atoms with van der Waals surface area (Å²) in [4.78, 5) is 4.50. The second-order valence-corrected chi connectivity index (χ2v) is 10.3. The summed E-state index contributed by atoms with van der Waals surface area (Å²) in [5.41, 5.74) is 3.82. The number of rotatable bonds is 6. The Morgan fingerprint density at radius 1 is 1.27 bits per heavy atom. The van der Waals surface area contributed by atoms with Crippen LogP contribution in [0.15, 0.2) is 48.7 Å². The first kappa shape index (κ1) is 20.9. The van der Waals surface area contributed by atoms with Crippen LogP contribution in [0.3, 0.4) is 0 Å². The van der Waals surface area contributed by atoms with E-state index in [4.69, 9.17) is 4.52 Å². The number of hydrogen-bond donors (Lipinski definition) is 3. The topological polar surface area (TPSA) is 83.5 Å². The van der Waals surface area contributed by atoms with Crippen LogP contribution in [0, 0.1) is 13.8 Å². The molecular formula is C23H28N3O3P. The van der Waals surface area contributed by atoms with Gasteiger partial charge in [0.15, 0.2) is 0 Å². The fourth-order valence-corrected chi connectivity index (χ4v) is 6.39. The maximum absolute atomic E-state index is 13.8. The molecule has 0 bridgehead atoms. The smallest absolute Gasteiger partial charge is 0.279 e. The molecule has 1 aliphatic rings. The number of aromatic nitrogens is 1. The molecule has 1 aromatic heterocycles. The molecule has 7 heteroatoms. The second kappa shape index (κ2) is 8.38. The zero-order valence-electron chi connectivity index (χ0n) is 17.6. The molecule has 2 heterocycles. The van der Waals surface area contributed by atoms with E-state index in [1.807, 2.05) is 56.3 Å². The van der Waals surface area contributed by atoms with E-state index in [1.54, 1.807) is 6.20 Å². The summed E-state index contributed by atoms with van der Waals surface area (Å²) in [6.45, 7) is 6.64. The van der Waals surface area contributed by atoms with Crippen LogP contribution >= 0.6 is 7.52 Å². The predicted octanol–water partition coefficient (Wildman–Crippen LogP) is 5.30. The molecule has 0 spiro atoms. The standard InChI is InChI=1S/C23H28N3O3P/c1-4-19-14-29-30(28,26-19)22(18-9-15(2)23(27)16(3)10-18)13-24-20-11-17-7-5-6-8-21(17)25-12-20/h5-12,19,22,24,27H,4,13-14H2,1-3H3,(H,26,28)/t19-,22?,30?/m0/s1. The van der Waals surface area contributed by atoms with Crippen LogP contribution < -0.4 is 10.4 Å². The lowest BCUT2D eigenvalue weighted by molar-refractivity contribution is 0.326. The molecule has 1 saturated heterocycles. The largest absolute Gasteiger partial charge is 0.507 e. The Morgan fingerprint density at radius 2 is 2.00 bits per heavy atom. The average Bonchev–Trinajstić information content (AvgIpc) is 3.14. The van der Waals surface area contributed by atoms with E-state index in [2.05, 4.69) is 22.3 Å². The maximum atomic E-state index is 13.8. The highest BCUT2D eigenvalue weighted by atomic mass is 31.2. The Morgan fingerprint density at radius 3 is 2.70 bits per heavy atom. The Labute approximate surface area is 177 Å². The van der Waals surface area contributed by atoms with Gasteiger partial charge in [-0.3, -0.25) is 9.55 Å². The third-order valence-electron chi connectivity index (χ3n) is 5.72. The van der Waals surface area contributed by atoms with E-state index in [-0.39, 0.29) is 11.8 Å². The Kier molecular flexibility index (Phi) is 5.83. The molecule has 1 aliphatic heterocycles.